The van der Waals surface area contributed by atoms with Crippen molar-refractivity contribution in [3.05, 3.63) is 58.7 Å². The SMILES string of the molecule is CNC(C)C(=O)NC(C(=O)N1CCC[C@H]1C(=O)N[C@@H]1CCCc2c(OCCOCCOc3cccc4c3CCC[C@H]4NC(=O)[C@@H]3CCCN3C(=O)C(NC(=O)C(C)NC)C(C)C)cccc21)C(C)C. The molecule has 4 unspecified atom stereocenters. The van der Waals surface area contributed by atoms with Gasteiger partial charge in [0.25, 0.3) is 0 Å². The highest BCUT2D eigenvalue weighted by Crippen LogP contribution is 2.37. The molecule has 6 amide bonds. The number of nitrogens with zero attached hydrogens (tertiary/aromatic N) is 2. The van der Waals surface area contributed by atoms with Gasteiger partial charge in [0.1, 0.15) is 48.9 Å². The molecule has 17 nitrogen and oxygen atoms in total. The van der Waals surface area contributed by atoms with E-state index in [1.54, 1.807) is 37.7 Å². The lowest BCUT2D eigenvalue weighted by Crippen LogP contribution is -2.57. The molecular weight excluding hydrogens is 881 g/mol. The van der Waals surface area contributed by atoms with Crippen molar-refractivity contribution in [2.75, 3.05) is 53.6 Å². The number of rotatable bonds is 22. The first-order valence-corrected chi connectivity index (χ1v) is 25.4. The molecule has 6 rings (SSSR count). The number of benzene rings is 2. The first kappa shape index (κ1) is 53.1. The molecule has 0 radical (unpaired) electrons. The summed E-state index contributed by atoms with van der Waals surface area (Å²) in [6.07, 6.45) is 7.51. The second-order valence-electron chi connectivity index (χ2n) is 19.7. The predicted octanol–water partition coefficient (Wildman–Crippen LogP) is 3.63. The molecule has 4 aliphatic rings. The molecule has 2 saturated heterocycles. The molecule has 2 aliphatic heterocycles. The molecule has 2 aromatic carbocycles. The van der Waals surface area contributed by atoms with Crippen molar-refractivity contribution in [1.29, 1.82) is 0 Å². The fourth-order valence-electron chi connectivity index (χ4n) is 10.1. The summed E-state index contributed by atoms with van der Waals surface area (Å²) in [6, 6.07) is 7.87. The first-order valence-electron chi connectivity index (χ1n) is 25.4. The number of carbonyl (C=O) groups excluding carboxylic acids is 6. The molecular formula is C52H78N8O9. The number of amides is 6. The zero-order chi connectivity index (χ0) is 49.8. The van der Waals surface area contributed by atoms with E-state index in [0.29, 0.717) is 65.2 Å². The van der Waals surface area contributed by atoms with Gasteiger partial charge in [-0.15, -0.1) is 0 Å². The summed E-state index contributed by atoms with van der Waals surface area (Å²) >= 11 is 0. The quantitative estimate of drug-likeness (QED) is 0.0940. The molecule has 2 aromatic rings. The minimum absolute atomic E-state index is 0.147. The van der Waals surface area contributed by atoms with Crippen LogP contribution in [0.5, 0.6) is 11.5 Å². The minimum Gasteiger partial charge on any atom is -0.491 e. The van der Waals surface area contributed by atoms with Crippen molar-refractivity contribution < 1.29 is 43.0 Å². The molecule has 2 aliphatic carbocycles. The smallest absolute Gasteiger partial charge is 0.246 e. The van der Waals surface area contributed by atoms with E-state index in [1.807, 2.05) is 64.1 Å². The standard InChI is InChI=1S/C52H78N8O9/c1-31(2)45(57-47(61)33(5)53-7)51(65)59-25-13-21-41(59)49(63)55-39-19-9-17-37-35(39)15-11-23-43(37)68-29-27-67-28-30-69-44-24-12-16-36-38(44)18-10-20-40(36)56-50(64)42-22-14-26-60(42)52(66)46(32(3)4)58-48(62)34(6)54-8/h11-12,15-16,23-24,31-34,39-42,45-46,53-54H,9-10,13-14,17-22,25-30H2,1-8H3,(H,55,63)(H,56,64)(H,57,61)(H,58,62)/t33?,34?,39-,40-,41+,42+,45?,46?/m1/s1. The summed E-state index contributed by atoms with van der Waals surface area (Å²) in [5.74, 6) is -0.0867. The average Bonchev–Trinajstić information content (AvgIpc) is 4.05. The van der Waals surface area contributed by atoms with Gasteiger partial charge in [-0.2, -0.15) is 0 Å². The zero-order valence-corrected chi connectivity index (χ0v) is 42.1. The largest absolute Gasteiger partial charge is 0.491 e. The third kappa shape index (κ3) is 13.1. The van der Waals surface area contributed by atoms with Crippen molar-refractivity contribution in [2.45, 2.75) is 154 Å². The molecule has 2 fully saturated rings. The van der Waals surface area contributed by atoms with Gasteiger partial charge in [0.05, 0.1) is 37.4 Å². The van der Waals surface area contributed by atoms with Crippen LogP contribution < -0.4 is 41.4 Å². The second kappa shape index (κ2) is 25.0. The molecule has 0 aromatic heterocycles. The lowest BCUT2D eigenvalue weighted by atomic mass is 9.87. The second-order valence-corrected chi connectivity index (χ2v) is 19.7. The van der Waals surface area contributed by atoms with E-state index in [2.05, 4.69) is 31.9 Å². The summed E-state index contributed by atoms with van der Waals surface area (Å²) in [7, 11) is 3.39. The van der Waals surface area contributed by atoms with E-state index >= 15 is 0 Å². The van der Waals surface area contributed by atoms with Crippen LogP contribution in [0.15, 0.2) is 36.4 Å². The van der Waals surface area contributed by atoms with Crippen LogP contribution in [0.4, 0.5) is 0 Å². The Labute approximate surface area is 408 Å². The molecule has 2 heterocycles. The van der Waals surface area contributed by atoms with Gasteiger partial charge >= 0.3 is 0 Å². The Balaban J connectivity index is 0.966. The summed E-state index contributed by atoms with van der Waals surface area (Å²) in [5, 5.41) is 18.1. The maximum atomic E-state index is 13.9. The molecule has 6 N–H and O–H groups in total. The van der Waals surface area contributed by atoms with Gasteiger partial charge in [-0.25, -0.2) is 0 Å². The highest BCUT2D eigenvalue weighted by molar-refractivity contribution is 5.95. The maximum Gasteiger partial charge on any atom is 0.246 e. The average molecular weight is 959 g/mol. The highest BCUT2D eigenvalue weighted by atomic mass is 16.5. The molecule has 17 heteroatoms. The number of likely N-dealkylation sites (tertiary alicyclic amines) is 2. The molecule has 8 atom stereocenters. The molecule has 0 saturated carbocycles. The van der Waals surface area contributed by atoms with Crippen LogP contribution in [0.1, 0.15) is 127 Å². The summed E-state index contributed by atoms with van der Waals surface area (Å²) < 4.78 is 18.5. The van der Waals surface area contributed by atoms with Crippen LogP contribution in [0.25, 0.3) is 0 Å². The number of carbonyl (C=O) groups is 6. The number of hydrogen-bond acceptors (Lipinski definition) is 11. The Bertz CT molecular complexity index is 1970. The van der Waals surface area contributed by atoms with Crippen molar-refractivity contribution in [3.63, 3.8) is 0 Å². The Hall–Kier alpha value is -5.26. The Kier molecular flexibility index (Phi) is 19.3. The van der Waals surface area contributed by atoms with Gasteiger partial charge in [0.15, 0.2) is 0 Å². The van der Waals surface area contributed by atoms with Crippen LogP contribution in [0, 0.1) is 11.8 Å². The maximum absolute atomic E-state index is 13.9. The van der Waals surface area contributed by atoms with E-state index in [0.717, 1.165) is 72.3 Å². The van der Waals surface area contributed by atoms with Crippen molar-refractivity contribution >= 4 is 35.4 Å². The normalized spacial score (nSPS) is 21.7. The van der Waals surface area contributed by atoms with Gasteiger partial charge in [0, 0.05) is 13.1 Å². The fourth-order valence-corrected chi connectivity index (χ4v) is 10.1. The summed E-state index contributed by atoms with van der Waals surface area (Å²) in [5.41, 5.74) is 4.17. The molecule has 0 bridgehead atoms. The summed E-state index contributed by atoms with van der Waals surface area (Å²) in [6.45, 7) is 13.4. The Morgan fingerprint density at radius 2 is 0.971 bits per heavy atom. The van der Waals surface area contributed by atoms with Gasteiger partial charge in [-0.1, -0.05) is 52.0 Å². The van der Waals surface area contributed by atoms with Gasteiger partial charge in [-0.3, -0.25) is 28.8 Å². The molecule has 0 spiro atoms. The lowest BCUT2D eigenvalue weighted by Gasteiger charge is -2.33. The van der Waals surface area contributed by atoms with Crippen LogP contribution >= 0.6 is 0 Å². The third-order valence-electron chi connectivity index (χ3n) is 14.3. The highest BCUT2D eigenvalue weighted by Gasteiger charge is 2.42. The minimum atomic E-state index is -0.727. The zero-order valence-electron chi connectivity index (χ0n) is 42.1. The predicted molar refractivity (Wildman–Crippen MR) is 262 cm³/mol. The van der Waals surface area contributed by atoms with Crippen LogP contribution in [0.3, 0.4) is 0 Å². The van der Waals surface area contributed by atoms with Gasteiger partial charge in [0.2, 0.25) is 35.4 Å². The first-order chi connectivity index (χ1) is 33.1. The Morgan fingerprint density at radius 3 is 1.35 bits per heavy atom. The van der Waals surface area contributed by atoms with Gasteiger partial charge in [-0.05, 0) is 138 Å². The number of fused-ring (bicyclic) bond motifs is 2. The Morgan fingerprint density at radius 1 is 0.565 bits per heavy atom. The van der Waals surface area contributed by atoms with Crippen LogP contribution in [0.2, 0.25) is 0 Å². The number of nitrogens with one attached hydrogen (secondary N) is 6. The van der Waals surface area contributed by atoms with Crippen LogP contribution in [-0.2, 0) is 46.3 Å². The number of ether oxygens (including phenoxy) is 3. The van der Waals surface area contributed by atoms with E-state index in [-0.39, 0.29) is 59.4 Å². The molecule has 69 heavy (non-hydrogen) atoms. The van der Waals surface area contributed by atoms with Crippen molar-refractivity contribution in [2.24, 2.45) is 11.8 Å². The number of likely N-dealkylation sites (N-methyl/N-ethyl adjacent to an activating group) is 2. The van der Waals surface area contributed by atoms with E-state index in [1.165, 1.54) is 0 Å². The van der Waals surface area contributed by atoms with Crippen LogP contribution in [-0.4, -0.2) is 135 Å². The molecule has 380 valence electrons. The monoisotopic (exact) mass is 959 g/mol. The lowest BCUT2D eigenvalue weighted by molar-refractivity contribution is -0.142. The van der Waals surface area contributed by atoms with Crippen molar-refractivity contribution in [1.82, 2.24) is 41.7 Å². The van der Waals surface area contributed by atoms with Crippen molar-refractivity contribution in [3.8, 4) is 11.5 Å². The fraction of sp³-hybridized carbons (Fsp3) is 0.654. The topological polar surface area (TPSA) is 209 Å². The number of hydrogen-bond donors (Lipinski definition) is 6. The van der Waals surface area contributed by atoms with E-state index in [4.69, 9.17) is 14.2 Å². The van der Waals surface area contributed by atoms with E-state index < -0.39 is 36.3 Å². The summed E-state index contributed by atoms with van der Waals surface area (Å²) in [4.78, 5) is 84.0. The van der Waals surface area contributed by atoms with E-state index in [9.17, 15) is 28.8 Å². The van der Waals surface area contributed by atoms with Gasteiger partial charge < -0.3 is 55.9 Å². The third-order valence-corrected chi connectivity index (χ3v) is 14.3.